The van der Waals surface area contributed by atoms with Crippen LogP contribution in [0, 0.1) is 5.82 Å². The first-order valence-corrected chi connectivity index (χ1v) is 8.97. The van der Waals surface area contributed by atoms with E-state index in [1.165, 1.54) is 10.4 Å². The Morgan fingerprint density at radius 1 is 1.35 bits per heavy atom. The van der Waals surface area contributed by atoms with E-state index in [2.05, 4.69) is 20.8 Å². The van der Waals surface area contributed by atoms with Gasteiger partial charge in [-0.15, -0.1) is 0 Å². The highest BCUT2D eigenvalue weighted by molar-refractivity contribution is 9.09. The second-order valence-electron chi connectivity index (χ2n) is 5.25. The lowest BCUT2D eigenvalue weighted by molar-refractivity contribution is 0.340. The summed E-state index contributed by atoms with van der Waals surface area (Å²) in [7, 11) is -2.07. The predicted octanol–water partition coefficient (Wildman–Crippen LogP) is 2.54. The number of nitrogens with zero attached hydrogens (tertiary/aromatic N) is 2. The van der Waals surface area contributed by atoms with Gasteiger partial charge in [0.05, 0.1) is 5.69 Å². The molecule has 20 heavy (non-hydrogen) atoms. The highest BCUT2D eigenvalue weighted by Crippen LogP contribution is 2.40. The van der Waals surface area contributed by atoms with Crippen molar-refractivity contribution in [3.63, 3.8) is 0 Å². The van der Waals surface area contributed by atoms with Gasteiger partial charge in [0.15, 0.2) is 0 Å². The summed E-state index contributed by atoms with van der Waals surface area (Å²) in [5.74, 6) is -0.524. The molecule has 2 heterocycles. The van der Waals surface area contributed by atoms with Crippen LogP contribution in [-0.2, 0) is 10.0 Å². The summed E-state index contributed by atoms with van der Waals surface area (Å²) in [6.07, 6.45) is 2.73. The lowest BCUT2D eigenvalue weighted by atomic mass is 10.2. The predicted molar refractivity (Wildman–Crippen MR) is 79.0 cm³/mol. The number of alkyl halides is 1. The Morgan fingerprint density at radius 2 is 2.10 bits per heavy atom. The van der Waals surface area contributed by atoms with Crippen LogP contribution in [0.15, 0.2) is 23.1 Å². The van der Waals surface area contributed by atoms with Gasteiger partial charge in [-0.2, -0.15) is 4.31 Å². The molecule has 0 N–H and O–H groups in total. The maximum atomic E-state index is 13.4. The Bertz CT molecular complexity index is 637. The minimum absolute atomic E-state index is 0.0675. The van der Waals surface area contributed by atoms with Gasteiger partial charge < -0.3 is 4.90 Å². The summed E-state index contributed by atoms with van der Waals surface area (Å²) in [6.45, 7) is 0.783. The van der Waals surface area contributed by atoms with Crippen molar-refractivity contribution in [2.24, 2.45) is 0 Å². The van der Waals surface area contributed by atoms with E-state index in [-0.39, 0.29) is 15.9 Å². The fraction of sp³-hybridized carbons (Fsp3) is 0.538. The number of hydrogen-bond donors (Lipinski definition) is 0. The third kappa shape index (κ3) is 2.07. The van der Waals surface area contributed by atoms with E-state index in [1.54, 1.807) is 13.1 Å². The smallest absolute Gasteiger partial charge is 0.246 e. The third-order valence-corrected chi connectivity index (χ3v) is 6.82. The van der Waals surface area contributed by atoms with Gasteiger partial charge >= 0.3 is 0 Å². The summed E-state index contributed by atoms with van der Waals surface area (Å²) in [4.78, 5) is 2.21. The molecule has 1 fully saturated rings. The Labute approximate surface area is 126 Å². The molecule has 2 aliphatic rings. The van der Waals surface area contributed by atoms with Crippen molar-refractivity contribution in [3.05, 3.63) is 24.0 Å². The average molecular weight is 363 g/mol. The Kier molecular flexibility index (Phi) is 3.54. The standard InChI is InChI=1S/C13H16BrFN2O2S/c1-16-13-10(14)4-2-3-7-17(13)11-6-5-9(15)8-12(11)20(16,18)19/h5-6,8,10,13H,2-4,7H2,1H3/t10-,13+/m0/s1. The fourth-order valence-corrected chi connectivity index (χ4v) is 5.70. The molecule has 0 aliphatic carbocycles. The van der Waals surface area contributed by atoms with Gasteiger partial charge in [0.25, 0.3) is 0 Å². The number of halogens is 2. The van der Waals surface area contributed by atoms with Crippen molar-refractivity contribution in [1.29, 1.82) is 0 Å². The van der Waals surface area contributed by atoms with Gasteiger partial charge in [-0.3, -0.25) is 0 Å². The van der Waals surface area contributed by atoms with Crippen molar-refractivity contribution >= 4 is 31.6 Å². The zero-order chi connectivity index (χ0) is 14.5. The molecule has 7 heteroatoms. The zero-order valence-electron chi connectivity index (χ0n) is 11.1. The van der Waals surface area contributed by atoms with E-state index in [9.17, 15) is 12.8 Å². The van der Waals surface area contributed by atoms with Crippen molar-refractivity contribution in [1.82, 2.24) is 4.31 Å². The average Bonchev–Trinajstić information content (AvgIpc) is 2.58. The van der Waals surface area contributed by atoms with Crippen molar-refractivity contribution in [2.75, 3.05) is 18.5 Å². The number of sulfonamides is 1. The van der Waals surface area contributed by atoms with E-state index < -0.39 is 15.8 Å². The number of benzene rings is 1. The molecule has 0 saturated carbocycles. The van der Waals surface area contributed by atoms with Crippen LogP contribution < -0.4 is 4.90 Å². The lowest BCUT2D eigenvalue weighted by Crippen LogP contribution is -2.56. The molecule has 4 nitrogen and oxygen atoms in total. The molecule has 0 bridgehead atoms. The summed E-state index contributed by atoms with van der Waals surface area (Å²) in [5, 5.41) is 0. The van der Waals surface area contributed by atoms with Crippen molar-refractivity contribution < 1.29 is 12.8 Å². The summed E-state index contributed by atoms with van der Waals surface area (Å²) in [6, 6.07) is 4.02. The van der Waals surface area contributed by atoms with Crippen LogP contribution in [0.3, 0.4) is 0 Å². The number of anilines is 1. The Balaban J connectivity index is 2.22. The van der Waals surface area contributed by atoms with Crippen LogP contribution in [0.25, 0.3) is 0 Å². The van der Waals surface area contributed by atoms with E-state index in [0.717, 1.165) is 31.9 Å². The van der Waals surface area contributed by atoms with Crippen LogP contribution in [0.2, 0.25) is 0 Å². The van der Waals surface area contributed by atoms with Crippen molar-refractivity contribution in [2.45, 2.75) is 35.2 Å². The zero-order valence-corrected chi connectivity index (χ0v) is 13.5. The molecular formula is C13H16BrFN2O2S. The topological polar surface area (TPSA) is 40.6 Å². The molecule has 2 atom stereocenters. The monoisotopic (exact) mass is 362 g/mol. The highest BCUT2D eigenvalue weighted by Gasteiger charge is 2.44. The highest BCUT2D eigenvalue weighted by atomic mass is 79.9. The van der Waals surface area contributed by atoms with Gasteiger partial charge in [-0.05, 0) is 31.0 Å². The summed E-state index contributed by atoms with van der Waals surface area (Å²) >= 11 is 3.62. The van der Waals surface area contributed by atoms with Gasteiger partial charge in [0.2, 0.25) is 10.0 Å². The molecular weight excluding hydrogens is 347 g/mol. The Hall–Kier alpha value is -0.660. The molecule has 2 aliphatic heterocycles. The molecule has 110 valence electrons. The van der Waals surface area contributed by atoms with Crippen molar-refractivity contribution in [3.8, 4) is 0 Å². The molecule has 0 radical (unpaired) electrons. The minimum Gasteiger partial charge on any atom is -0.353 e. The van der Waals surface area contributed by atoms with E-state index in [4.69, 9.17) is 0 Å². The molecule has 0 amide bonds. The molecule has 1 aromatic carbocycles. The van der Waals surface area contributed by atoms with Crippen LogP contribution in [0.5, 0.6) is 0 Å². The second-order valence-corrected chi connectivity index (χ2v) is 8.39. The van der Waals surface area contributed by atoms with Gasteiger partial charge in [-0.1, -0.05) is 22.4 Å². The van der Waals surface area contributed by atoms with Crippen LogP contribution in [0.4, 0.5) is 10.1 Å². The third-order valence-electron chi connectivity index (χ3n) is 4.03. The molecule has 1 aromatic rings. The SMILES string of the molecule is CN1[C@H]2[C@@H](Br)CCCCN2c2ccc(F)cc2S1(=O)=O. The second kappa shape index (κ2) is 4.96. The maximum absolute atomic E-state index is 13.4. The number of hydrogen-bond acceptors (Lipinski definition) is 3. The van der Waals surface area contributed by atoms with Crippen LogP contribution >= 0.6 is 15.9 Å². The minimum atomic E-state index is -3.64. The summed E-state index contributed by atoms with van der Waals surface area (Å²) < 4.78 is 40.0. The summed E-state index contributed by atoms with van der Waals surface area (Å²) in [5.41, 5.74) is 0.612. The lowest BCUT2D eigenvalue weighted by Gasteiger charge is -2.44. The van der Waals surface area contributed by atoms with E-state index in [0.29, 0.717) is 5.69 Å². The molecule has 3 rings (SSSR count). The maximum Gasteiger partial charge on any atom is 0.246 e. The first kappa shape index (κ1) is 14.3. The van der Waals surface area contributed by atoms with E-state index in [1.807, 2.05) is 0 Å². The van der Waals surface area contributed by atoms with Gasteiger partial charge in [0, 0.05) is 18.4 Å². The van der Waals surface area contributed by atoms with Gasteiger partial charge in [-0.25, -0.2) is 12.8 Å². The number of rotatable bonds is 0. The van der Waals surface area contributed by atoms with Crippen LogP contribution in [-0.4, -0.2) is 37.3 Å². The molecule has 1 saturated heterocycles. The fourth-order valence-electron chi connectivity index (χ4n) is 3.01. The Morgan fingerprint density at radius 3 is 2.85 bits per heavy atom. The largest absolute Gasteiger partial charge is 0.353 e. The molecule has 0 unspecified atom stereocenters. The molecule has 0 aromatic heterocycles. The molecule has 0 spiro atoms. The first-order valence-electron chi connectivity index (χ1n) is 6.61. The van der Waals surface area contributed by atoms with Gasteiger partial charge in [0.1, 0.15) is 16.9 Å². The van der Waals surface area contributed by atoms with E-state index >= 15 is 0 Å². The normalized spacial score (nSPS) is 29.4. The number of fused-ring (bicyclic) bond motifs is 3. The van der Waals surface area contributed by atoms with Crippen LogP contribution in [0.1, 0.15) is 19.3 Å². The first-order chi connectivity index (χ1) is 9.43. The quantitative estimate of drug-likeness (QED) is 0.666.